The SMILES string of the molecule is N#CC1=C(N)N(Nc2cc(=O)[nH]nc2-c2ccccc2)C2=C(C(=O)CCC2)[C@@H]1c1ccc(F)cc1. The fourth-order valence-electron chi connectivity index (χ4n) is 4.63. The van der Waals surface area contributed by atoms with Gasteiger partial charge in [-0.15, -0.1) is 0 Å². The zero-order valence-corrected chi connectivity index (χ0v) is 18.6. The summed E-state index contributed by atoms with van der Waals surface area (Å²) in [7, 11) is 0. The van der Waals surface area contributed by atoms with Gasteiger partial charge in [0.05, 0.1) is 23.2 Å². The molecule has 174 valence electrons. The molecule has 1 atom stereocenters. The number of carbonyl (C=O) groups is 1. The van der Waals surface area contributed by atoms with Crippen LogP contribution in [0.4, 0.5) is 10.1 Å². The summed E-state index contributed by atoms with van der Waals surface area (Å²) in [5.41, 5.74) is 12.7. The first-order chi connectivity index (χ1) is 17.0. The van der Waals surface area contributed by atoms with Gasteiger partial charge in [0.1, 0.15) is 17.3 Å². The van der Waals surface area contributed by atoms with Crippen LogP contribution in [0.3, 0.4) is 0 Å². The highest BCUT2D eigenvalue weighted by molar-refractivity contribution is 6.00. The Hall–Kier alpha value is -4.71. The summed E-state index contributed by atoms with van der Waals surface area (Å²) in [4.78, 5) is 25.3. The van der Waals surface area contributed by atoms with Crippen LogP contribution in [0.25, 0.3) is 11.3 Å². The smallest absolute Gasteiger partial charge is 0.266 e. The number of hydrazine groups is 1. The van der Waals surface area contributed by atoms with Gasteiger partial charge in [0, 0.05) is 29.3 Å². The number of benzene rings is 2. The van der Waals surface area contributed by atoms with Crippen molar-refractivity contribution >= 4 is 11.5 Å². The van der Waals surface area contributed by atoms with Crippen molar-refractivity contribution in [3.63, 3.8) is 0 Å². The average Bonchev–Trinajstić information content (AvgIpc) is 2.87. The molecule has 1 aliphatic carbocycles. The fourth-order valence-corrected chi connectivity index (χ4v) is 4.63. The van der Waals surface area contributed by atoms with Gasteiger partial charge in [-0.05, 0) is 30.5 Å². The van der Waals surface area contributed by atoms with Gasteiger partial charge in [-0.1, -0.05) is 42.5 Å². The van der Waals surface area contributed by atoms with Gasteiger partial charge >= 0.3 is 0 Å². The molecule has 8 nitrogen and oxygen atoms in total. The molecule has 1 aliphatic heterocycles. The van der Waals surface area contributed by atoms with Gasteiger partial charge in [-0.3, -0.25) is 15.0 Å². The largest absolute Gasteiger partial charge is 0.383 e. The number of nitrogens with zero attached hydrogens (tertiary/aromatic N) is 3. The highest BCUT2D eigenvalue weighted by Crippen LogP contribution is 2.45. The number of aromatic nitrogens is 2. The number of halogens is 1. The number of allylic oxidation sites excluding steroid dienone is 3. The summed E-state index contributed by atoms with van der Waals surface area (Å²) >= 11 is 0. The van der Waals surface area contributed by atoms with E-state index < -0.39 is 17.3 Å². The molecule has 2 aliphatic rings. The number of ketones is 1. The number of nitriles is 1. The van der Waals surface area contributed by atoms with E-state index in [0.717, 1.165) is 5.56 Å². The fraction of sp³-hybridized carbons (Fsp3) is 0.154. The van der Waals surface area contributed by atoms with E-state index in [2.05, 4.69) is 21.7 Å². The lowest BCUT2D eigenvalue weighted by molar-refractivity contribution is -0.116. The Bertz CT molecular complexity index is 1470. The first-order valence-corrected chi connectivity index (χ1v) is 11.1. The summed E-state index contributed by atoms with van der Waals surface area (Å²) < 4.78 is 13.6. The lowest BCUT2D eigenvalue weighted by Crippen LogP contribution is -2.42. The third kappa shape index (κ3) is 3.95. The van der Waals surface area contributed by atoms with Crippen molar-refractivity contribution in [3.05, 3.63) is 105 Å². The van der Waals surface area contributed by atoms with E-state index >= 15 is 0 Å². The molecule has 0 radical (unpaired) electrons. The number of nitrogens with one attached hydrogen (secondary N) is 2. The molecular formula is C26H21FN6O2. The second-order valence-electron chi connectivity index (χ2n) is 8.34. The van der Waals surface area contributed by atoms with E-state index in [9.17, 15) is 19.2 Å². The summed E-state index contributed by atoms with van der Waals surface area (Å²) in [6, 6.07) is 18.5. The van der Waals surface area contributed by atoms with Crippen LogP contribution in [-0.4, -0.2) is 21.0 Å². The van der Waals surface area contributed by atoms with E-state index in [-0.39, 0.29) is 17.2 Å². The predicted octanol–water partition coefficient (Wildman–Crippen LogP) is 3.70. The van der Waals surface area contributed by atoms with E-state index in [1.807, 2.05) is 30.3 Å². The number of rotatable bonds is 4. The van der Waals surface area contributed by atoms with Crippen molar-refractivity contribution in [1.82, 2.24) is 15.2 Å². The number of carbonyl (C=O) groups excluding carboxylic acids is 1. The molecule has 0 unspecified atom stereocenters. The Kier molecular flexibility index (Phi) is 5.63. The second-order valence-corrected chi connectivity index (χ2v) is 8.34. The Morgan fingerprint density at radius 3 is 2.57 bits per heavy atom. The minimum Gasteiger partial charge on any atom is -0.383 e. The Labute approximate surface area is 200 Å². The molecule has 0 spiro atoms. The summed E-state index contributed by atoms with van der Waals surface area (Å²) in [6.45, 7) is 0. The van der Waals surface area contributed by atoms with Crippen molar-refractivity contribution in [2.45, 2.75) is 25.2 Å². The number of aromatic amines is 1. The summed E-state index contributed by atoms with van der Waals surface area (Å²) in [6.07, 6.45) is 1.48. The Morgan fingerprint density at radius 1 is 1.11 bits per heavy atom. The molecule has 4 N–H and O–H groups in total. The molecule has 0 saturated heterocycles. The van der Waals surface area contributed by atoms with Crippen molar-refractivity contribution in [3.8, 4) is 17.3 Å². The van der Waals surface area contributed by atoms with E-state index in [0.29, 0.717) is 47.5 Å². The van der Waals surface area contributed by atoms with Gasteiger partial charge < -0.3 is 5.73 Å². The molecule has 0 bridgehead atoms. The normalized spacial score (nSPS) is 17.8. The third-order valence-electron chi connectivity index (χ3n) is 6.20. The van der Waals surface area contributed by atoms with E-state index in [4.69, 9.17) is 5.73 Å². The lowest BCUT2D eigenvalue weighted by atomic mass is 9.76. The van der Waals surface area contributed by atoms with Crippen LogP contribution in [0.2, 0.25) is 0 Å². The standard InChI is InChI=1S/C26H21FN6O2/c27-17-11-9-15(10-12-17)23-18(14-28)26(29)33(20-7-4-8-21(34)24(20)23)32-19-13-22(35)30-31-25(19)16-5-2-1-3-6-16/h1-3,5-6,9-13,23H,4,7-8,29H2,(H2,30,32,35)/t23-/m1/s1. The van der Waals surface area contributed by atoms with E-state index in [1.165, 1.54) is 23.2 Å². The number of nitrogens with two attached hydrogens (primary N) is 1. The van der Waals surface area contributed by atoms with Crippen LogP contribution >= 0.6 is 0 Å². The Balaban J connectivity index is 1.66. The molecule has 2 heterocycles. The molecular weight excluding hydrogens is 447 g/mol. The minimum atomic E-state index is -0.702. The Morgan fingerprint density at radius 2 is 1.86 bits per heavy atom. The first-order valence-electron chi connectivity index (χ1n) is 11.1. The maximum absolute atomic E-state index is 13.6. The third-order valence-corrected chi connectivity index (χ3v) is 6.20. The molecule has 1 aromatic heterocycles. The molecule has 0 amide bonds. The van der Waals surface area contributed by atoms with Crippen LogP contribution in [0.5, 0.6) is 0 Å². The van der Waals surface area contributed by atoms with Crippen molar-refractivity contribution in [2.24, 2.45) is 5.73 Å². The zero-order chi connectivity index (χ0) is 24.5. The van der Waals surface area contributed by atoms with Crippen molar-refractivity contribution < 1.29 is 9.18 Å². The highest BCUT2D eigenvalue weighted by atomic mass is 19.1. The van der Waals surface area contributed by atoms with Crippen molar-refractivity contribution in [1.29, 1.82) is 5.26 Å². The van der Waals surface area contributed by atoms with Crippen LogP contribution in [-0.2, 0) is 4.79 Å². The molecule has 35 heavy (non-hydrogen) atoms. The minimum absolute atomic E-state index is 0.0973. The molecule has 9 heteroatoms. The van der Waals surface area contributed by atoms with Crippen LogP contribution in [0.15, 0.2) is 88.1 Å². The maximum Gasteiger partial charge on any atom is 0.266 e. The number of H-pyrrole nitrogens is 1. The van der Waals surface area contributed by atoms with E-state index in [1.54, 1.807) is 12.1 Å². The average molecular weight is 468 g/mol. The molecule has 0 fully saturated rings. The number of anilines is 1. The molecule has 3 aromatic rings. The predicted molar refractivity (Wildman–Crippen MR) is 128 cm³/mol. The van der Waals surface area contributed by atoms with Crippen LogP contribution < -0.4 is 16.7 Å². The quantitative estimate of drug-likeness (QED) is 0.533. The highest BCUT2D eigenvalue weighted by Gasteiger charge is 2.40. The topological polar surface area (TPSA) is 128 Å². The van der Waals surface area contributed by atoms with Gasteiger partial charge in [0.2, 0.25) is 0 Å². The lowest BCUT2D eigenvalue weighted by Gasteiger charge is -2.40. The number of hydrogen-bond acceptors (Lipinski definition) is 7. The van der Waals surface area contributed by atoms with Crippen molar-refractivity contribution in [2.75, 3.05) is 5.43 Å². The zero-order valence-electron chi connectivity index (χ0n) is 18.6. The second kappa shape index (κ2) is 8.91. The summed E-state index contributed by atoms with van der Waals surface area (Å²) in [5, 5.41) is 18.2. The first kappa shape index (κ1) is 22.1. The molecule has 2 aromatic carbocycles. The van der Waals surface area contributed by atoms with Gasteiger partial charge in [0.25, 0.3) is 5.56 Å². The number of Topliss-reactive ketones (excluding diaryl/α,β-unsaturated/α-hetero) is 1. The van der Waals surface area contributed by atoms with Gasteiger partial charge in [-0.25, -0.2) is 14.5 Å². The molecule has 5 rings (SSSR count). The van der Waals surface area contributed by atoms with Crippen LogP contribution in [0.1, 0.15) is 30.7 Å². The van der Waals surface area contributed by atoms with Crippen LogP contribution in [0, 0.1) is 17.1 Å². The molecule has 0 saturated carbocycles. The summed E-state index contributed by atoms with van der Waals surface area (Å²) in [5.74, 6) is -1.11. The maximum atomic E-state index is 13.6. The monoisotopic (exact) mass is 468 g/mol. The van der Waals surface area contributed by atoms with Gasteiger partial charge in [0.15, 0.2) is 5.78 Å². The number of hydrogen-bond donors (Lipinski definition) is 3. The van der Waals surface area contributed by atoms with Gasteiger partial charge in [-0.2, -0.15) is 10.4 Å².